The van der Waals surface area contributed by atoms with Gasteiger partial charge in [0.2, 0.25) is 0 Å². The van der Waals surface area contributed by atoms with E-state index in [4.69, 9.17) is 5.73 Å². The highest BCUT2D eigenvalue weighted by molar-refractivity contribution is 9.10. The van der Waals surface area contributed by atoms with Crippen molar-refractivity contribution < 1.29 is 8.78 Å². The molecule has 0 bridgehead atoms. The molecule has 1 unspecified atom stereocenters. The van der Waals surface area contributed by atoms with Gasteiger partial charge in [-0.3, -0.25) is 4.90 Å². The van der Waals surface area contributed by atoms with Crippen LogP contribution in [0, 0.1) is 17.6 Å². The molecule has 20 heavy (non-hydrogen) atoms. The number of hydrogen-bond donors (Lipinski definition) is 1. The molecule has 6 heteroatoms. The number of halogens is 4. The molecule has 2 nitrogen and oxygen atoms in total. The van der Waals surface area contributed by atoms with Crippen LogP contribution in [-0.2, 0) is 6.54 Å². The van der Waals surface area contributed by atoms with E-state index in [-0.39, 0.29) is 18.0 Å². The molecule has 0 aromatic heterocycles. The highest BCUT2D eigenvalue weighted by atomic mass is 79.9. The molecule has 1 aromatic rings. The molecule has 1 aliphatic heterocycles. The standard InChI is InChI=1S/C14H19BrF2N2.ClH/c15-12-3-4-13(16)11(14(12)17)9-19-7-1-2-10(8-19)5-6-18;/h3-4,10H,1-2,5-9,18H2;1H. The van der Waals surface area contributed by atoms with Gasteiger partial charge in [0.1, 0.15) is 11.6 Å². The SMILES string of the molecule is Cl.NCCC1CCCN(Cc2c(F)ccc(Br)c2F)C1. The molecule has 1 heterocycles. The number of nitrogens with two attached hydrogens (primary N) is 1. The van der Waals surface area contributed by atoms with Crippen LogP contribution in [0.2, 0.25) is 0 Å². The molecular formula is C14H20BrClF2N2. The third-order valence-electron chi connectivity index (χ3n) is 3.70. The number of nitrogens with zero attached hydrogens (tertiary/aromatic N) is 1. The highest BCUT2D eigenvalue weighted by Gasteiger charge is 2.22. The zero-order valence-corrected chi connectivity index (χ0v) is 13.7. The zero-order chi connectivity index (χ0) is 13.8. The normalized spacial score (nSPS) is 19.7. The largest absolute Gasteiger partial charge is 0.330 e. The topological polar surface area (TPSA) is 29.3 Å². The first kappa shape index (κ1) is 17.8. The minimum atomic E-state index is -0.485. The number of piperidine rings is 1. The summed E-state index contributed by atoms with van der Waals surface area (Å²) in [6.07, 6.45) is 3.22. The van der Waals surface area contributed by atoms with E-state index in [1.165, 1.54) is 12.1 Å². The summed E-state index contributed by atoms with van der Waals surface area (Å²) in [5.74, 6) is -0.403. The van der Waals surface area contributed by atoms with Crippen molar-refractivity contribution in [3.8, 4) is 0 Å². The lowest BCUT2D eigenvalue weighted by Gasteiger charge is -2.32. The van der Waals surface area contributed by atoms with Gasteiger partial charge in [-0.2, -0.15) is 0 Å². The number of rotatable bonds is 4. The van der Waals surface area contributed by atoms with E-state index in [0.29, 0.717) is 23.5 Å². The predicted octanol–water partition coefficient (Wildman–Crippen LogP) is 3.71. The molecule has 2 N–H and O–H groups in total. The Morgan fingerprint density at radius 3 is 2.80 bits per heavy atom. The van der Waals surface area contributed by atoms with E-state index in [0.717, 1.165) is 32.4 Å². The molecule has 114 valence electrons. The lowest BCUT2D eigenvalue weighted by Crippen LogP contribution is -2.36. The molecule has 1 atom stereocenters. The molecule has 2 rings (SSSR count). The van der Waals surface area contributed by atoms with Crippen molar-refractivity contribution in [2.24, 2.45) is 11.7 Å². The Hall–Kier alpha value is -0.230. The Balaban J connectivity index is 0.00000200. The molecule has 0 aliphatic carbocycles. The zero-order valence-electron chi connectivity index (χ0n) is 11.2. The number of benzene rings is 1. The Kier molecular flexibility index (Phi) is 7.37. The summed E-state index contributed by atoms with van der Waals surface area (Å²) in [5, 5.41) is 0. The fraction of sp³-hybridized carbons (Fsp3) is 0.571. The fourth-order valence-electron chi connectivity index (χ4n) is 2.70. The summed E-state index contributed by atoms with van der Waals surface area (Å²) in [5.41, 5.74) is 5.74. The number of likely N-dealkylation sites (tertiary alicyclic amines) is 1. The Morgan fingerprint density at radius 1 is 1.35 bits per heavy atom. The van der Waals surface area contributed by atoms with Crippen LogP contribution in [0.1, 0.15) is 24.8 Å². The van der Waals surface area contributed by atoms with Gasteiger partial charge in [0.05, 0.1) is 4.47 Å². The van der Waals surface area contributed by atoms with Gasteiger partial charge in [0.25, 0.3) is 0 Å². The summed E-state index contributed by atoms with van der Waals surface area (Å²) >= 11 is 3.11. The first-order valence-corrected chi connectivity index (χ1v) is 7.46. The molecule has 1 aromatic carbocycles. The highest BCUT2D eigenvalue weighted by Crippen LogP contribution is 2.25. The monoisotopic (exact) mass is 368 g/mol. The molecule has 0 saturated carbocycles. The molecule has 0 radical (unpaired) electrons. The van der Waals surface area contributed by atoms with Crippen molar-refractivity contribution >= 4 is 28.3 Å². The van der Waals surface area contributed by atoms with Crippen LogP contribution in [0.5, 0.6) is 0 Å². The maximum atomic E-state index is 13.9. The van der Waals surface area contributed by atoms with E-state index in [2.05, 4.69) is 20.8 Å². The van der Waals surface area contributed by atoms with Crippen molar-refractivity contribution in [2.45, 2.75) is 25.8 Å². The first-order valence-electron chi connectivity index (χ1n) is 6.66. The second-order valence-corrected chi connectivity index (χ2v) is 6.00. The average molecular weight is 370 g/mol. The second-order valence-electron chi connectivity index (χ2n) is 5.14. The van der Waals surface area contributed by atoms with Crippen LogP contribution in [-0.4, -0.2) is 24.5 Å². The summed E-state index contributed by atoms with van der Waals surface area (Å²) in [6, 6.07) is 2.71. The third kappa shape index (κ3) is 4.38. The van der Waals surface area contributed by atoms with Gasteiger partial charge in [0, 0.05) is 18.7 Å². The molecular weight excluding hydrogens is 350 g/mol. The molecule has 1 fully saturated rings. The van der Waals surface area contributed by atoms with Crippen molar-refractivity contribution in [1.82, 2.24) is 4.90 Å². The predicted molar refractivity (Wildman–Crippen MR) is 83.0 cm³/mol. The minimum Gasteiger partial charge on any atom is -0.330 e. The van der Waals surface area contributed by atoms with Gasteiger partial charge in [-0.25, -0.2) is 8.78 Å². The van der Waals surface area contributed by atoms with Crippen LogP contribution in [0.15, 0.2) is 16.6 Å². The lowest BCUT2D eigenvalue weighted by atomic mass is 9.94. The summed E-state index contributed by atoms with van der Waals surface area (Å²) in [4.78, 5) is 2.12. The van der Waals surface area contributed by atoms with Gasteiger partial charge < -0.3 is 5.73 Å². The summed E-state index contributed by atoms with van der Waals surface area (Å²) in [7, 11) is 0. The van der Waals surface area contributed by atoms with Gasteiger partial charge in [-0.15, -0.1) is 12.4 Å². The Labute approximate surface area is 133 Å². The van der Waals surface area contributed by atoms with Crippen LogP contribution in [0.3, 0.4) is 0 Å². The quantitative estimate of drug-likeness (QED) is 0.820. The van der Waals surface area contributed by atoms with Gasteiger partial charge in [0.15, 0.2) is 0 Å². The fourth-order valence-corrected chi connectivity index (χ4v) is 3.08. The van der Waals surface area contributed by atoms with Gasteiger partial charge in [-0.05, 0) is 66.3 Å². The summed E-state index contributed by atoms with van der Waals surface area (Å²) in [6.45, 7) is 2.78. The van der Waals surface area contributed by atoms with E-state index >= 15 is 0 Å². The average Bonchev–Trinajstić information content (AvgIpc) is 2.40. The number of hydrogen-bond acceptors (Lipinski definition) is 2. The van der Waals surface area contributed by atoms with E-state index in [9.17, 15) is 8.78 Å². The van der Waals surface area contributed by atoms with Gasteiger partial charge in [-0.1, -0.05) is 0 Å². The third-order valence-corrected chi connectivity index (χ3v) is 4.31. The van der Waals surface area contributed by atoms with Gasteiger partial charge >= 0.3 is 0 Å². The van der Waals surface area contributed by atoms with E-state index in [1.54, 1.807) is 0 Å². The summed E-state index contributed by atoms with van der Waals surface area (Å²) < 4.78 is 28.0. The molecule has 1 aliphatic rings. The van der Waals surface area contributed by atoms with Crippen LogP contribution in [0.4, 0.5) is 8.78 Å². The smallest absolute Gasteiger partial charge is 0.144 e. The van der Waals surface area contributed by atoms with Crippen LogP contribution in [0.25, 0.3) is 0 Å². The minimum absolute atomic E-state index is 0. The van der Waals surface area contributed by atoms with Crippen molar-refractivity contribution in [3.63, 3.8) is 0 Å². The lowest BCUT2D eigenvalue weighted by molar-refractivity contribution is 0.159. The Morgan fingerprint density at radius 2 is 2.10 bits per heavy atom. The maximum absolute atomic E-state index is 13.9. The Bertz CT molecular complexity index is 443. The van der Waals surface area contributed by atoms with E-state index < -0.39 is 11.6 Å². The van der Waals surface area contributed by atoms with Crippen molar-refractivity contribution in [3.05, 3.63) is 33.8 Å². The molecule has 1 saturated heterocycles. The van der Waals surface area contributed by atoms with Crippen molar-refractivity contribution in [1.29, 1.82) is 0 Å². The van der Waals surface area contributed by atoms with Crippen molar-refractivity contribution in [2.75, 3.05) is 19.6 Å². The maximum Gasteiger partial charge on any atom is 0.144 e. The molecule has 0 spiro atoms. The van der Waals surface area contributed by atoms with E-state index in [1.807, 2.05) is 0 Å². The first-order chi connectivity index (χ1) is 9.11. The molecule has 0 amide bonds. The van der Waals surface area contributed by atoms with Crippen LogP contribution >= 0.6 is 28.3 Å². The second kappa shape index (κ2) is 8.27. The van der Waals surface area contributed by atoms with Crippen LogP contribution < -0.4 is 5.73 Å².